The molecule has 0 radical (unpaired) electrons. The van der Waals surface area contributed by atoms with Crippen LogP contribution in [0.25, 0.3) is 0 Å². The summed E-state index contributed by atoms with van der Waals surface area (Å²) in [5, 5.41) is 17.9. The molecular weight excluding hydrogens is 169 g/mol. The van der Waals surface area contributed by atoms with Gasteiger partial charge in [-0.3, -0.25) is 4.98 Å². The van der Waals surface area contributed by atoms with Crippen molar-refractivity contribution in [2.24, 2.45) is 0 Å². The van der Waals surface area contributed by atoms with E-state index in [2.05, 4.69) is 4.98 Å². The van der Waals surface area contributed by atoms with Gasteiger partial charge in [0.05, 0.1) is 0 Å². The summed E-state index contributed by atoms with van der Waals surface area (Å²) in [6.45, 7) is 0.409. The van der Waals surface area contributed by atoms with Crippen molar-refractivity contribution in [1.82, 2.24) is 4.98 Å². The van der Waals surface area contributed by atoms with E-state index in [0.29, 0.717) is 18.5 Å². The minimum atomic E-state index is -0.944. The summed E-state index contributed by atoms with van der Waals surface area (Å²) in [5.74, 6) is 0. The summed E-state index contributed by atoms with van der Waals surface area (Å²) in [4.78, 5) is 3.84. The van der Waals surface area contributed by atoms with E-state index in [-0.39, 0.29) is 6.61 Å². The van der Waals surface area contributed by atoms with Crippen LogP contribution in [0.4, 0.5) is 0 Å². The minimum Gasteiger partial charge on any atom is -0.423 e. The second-order valence-corrected chi connectivity index (χ2v) is 2.59. The smallest absolute Gasteiger partial charge is 0.423 e. The molecule has 1 aromatic heterocycles. The average molecular weight is 181 g/mol. The summed E-state index contributed by atoms with van der Waals surface area (Å²) < 4.78 is 5.02. The zero-order chi connectivity index (χ0) is 9.52. The number of aliphatic hydroxyl groups is 1. The first kappa shape index (κ1) is 10.2. The Balaban J connectivity index is 2.35. The van der Waals surface area contributed by atoms with Gasteiger partial charge in [0.1, 0.15) is 0 Å². The van der Waals surface area contributed by atoms with Crippen molar-refractivity contribution >= 4 is 12.6 Å². The Labute approximate surface area is 77.3 Å². The van der Waals surface area contributed by atoms with Crippen LogP contribution in [0.5, 0.6) is 0 Å². The first-order chi connectivity index (χ1) is 6.34. The quantitative estimate of drug-likeness (QED) is 0.459. The van der Waals surface area contributed by atoms with Crippen LogP contribution in [-0.4, -0.2) is 35.4 Å². The fourth-order valence-corrected chi connectivity index (χ4v) is 0.878. The molecule has 0 aliphatic heterocycles. The lowest BCUT2D eigenvalue weighted by Crippen LogP contribution is -2.34. The van der Waals surface area contributed by atoms with Gasteiger partial charge in [-0.1, -0.05) is 6.07 Å². The molecule has 4 nitrogen and oxygen atoms in total. The summed E-state index contributed by atoms with van der Waals surface area (Å²) >= 11 is 0. The highest BCUT2D eigenvalue weighted by molar-refractivity contribution is 6.59. The van der Waals surface area contributed by atoms with E-state index >= 15 is 0 Å². The fourth-order valence-electron chi connectivity index (χ4n) is 0.878. The molecule has 0 aromatic carbocycles. The molecule has 0 bridgehead atoms. The van der Waals surface area contributed by atoms with Gasteiger partial charge in [-0.25, -0.2) is 0 Å². The molecule has 0 unspecified atom stereocenters. The Hall–Kier alpha value is -0.905. The van der Waals surface area contributed by atoms with Crippen molar-refractivity contribution in [3.05, 3.63) is 24.5 Å². The van der Waals surface area contributed by atoms with Gasteiger partial charge in [0.15, 0.2) is 0 Å². The van der Waals surface area contributed by atoms with E-state index in [9.17, 15) is 5.02 Å². The van der Waals surface area contributed by atoms with E-state index in [0.717, 1.165) is 0 Å². The van der Waals surface area contributed by atoms with Crippen LogP contribution in [0.1, 0.15) is 6.42 Å². The Morgan fingerprint density at radius 1 is 1.54 bits per heavy atom. The van der Waals surface area contributed by atoms with Crippen LogP contribution in [0.3, 0.4) is 0 Å². The average Bonchev–Trinajstić information content (AvgIpc) is 2.19. The molecule has 0 fully saturated rings. The number of nitrogens with zero attached hydrogens (tertiary/aromatic N) is 1. The summed E-state index contributed by atoms with van der Waals surface area (Å²) in [6.07, 6.45) is 3.70. The molecule has 0 amide bonds. The Bertz CT molecular complexity index is 232. The lowest BCUT2D eigenvalue weighted by molar-refractivity contribution is 0.216. The van der Waals surface area contributed by atoms with Crippen LogP contribution >= 0.6 is 0 Å². The molecule has 0 atom stereocenters. The minimum absolute atomic E-state index is 0.0692. The van der Waals surface area contributed by atoms with Crippen molar-refractivity contribution in [1.29, 1.82) is 0 Å². The van der Waals surface area contributed by atoms with Crippen LogP contribution in [-0.2, 0) is 4.65 Å². The van der Waals surface area contributed by atoms with Crippen LogP contribution < -0.4 is 5.46 Å². The third kappa shape index (κ3) is 3.54. The highest BCUT2D eigenvalue weighted by Gasteiger charge is 2.15. The van der Waals surface area contributed by atoms with Crippen molar-refractivity contribution in [3.8, 4) is 0 Å². The molecule has 0 aliphatic carbocycles. The molecule has 0 saturated carbocycles. The Morgan fingerprint density at radius 3 is 3.00 bits per heavy atom. The lowest BCUT2D eigenvalue weighted by Gasteiger charge is -2.06. The van der Waals surface area contributed by atoms with E-state index in [4.69, 9.17) is 9.76 Å². The summed E-state index contributed by atoms with van der Waals surface area (Å²) in [7, 11) is -0.944. The van der Waals surface area contributed by atoms with E-state index < -0.39 is 7.12 Å². The Morgan fingerprint density at radius 2 is 2.38 bits per heavy atom. The highest BCUT2D eigenvalue weighted by atomic mass is 16.5. The molecular formula is C8H12BNO3. The number of rotatable bonds is 5. The maximum Gasteiger partial charge on any atom is 0.492 e. The number of aromatic nitrogens is 1. The normalized spacial score (nSPS) is 10.0. The van der Waals surface area contributed by atoms with Gasteiger partial charge in [0.2, 0.25) is 0 Å². The van der Waals surface area contributed by atoms with E-state index in [1.54, 1.807) is 24.5 Å². The molecule has 1 heterocycles. The van der Waals surface area contributed by atoms with Crippen molar-refractivity contribution in [2.75, 3.05) is 13.2 Å². The molecule has 1 aromatic rings. The van der Waals surface area contributed by atoms with Gasteiger partial charge in [-0.15, -0.1) is 0 Å². The summed E-state index contributed by atoms with van der Waals surface area (Å²) in [6, 6.07) is 3.46. The second kappa shape index (κ2) is 5.69. The molecule has 70 valence electrons. The largest absolute Gasteiger partial charge is 0.492 e. The second-order valence-electron chi connectivity index (χ2n) is 2.59. The fraction of sp³-hybridized carbons (Fsp3) is 0.375. The van der Waals surface area contributed by atoms with Crippen LogP contribution in [0.2, 0.25) is 0 Å². The number of hydrogen-bond donors (Lipinski definition) is 2. The standard InChI is InChI=1S/C8H12BNO3/c11-5-2-6-13-9(12)8-3-1-4-10-7-8/h1,3-4,7,11-12H,2,5-6H2. The van der Waals surface area contributed by atoms with Gasteiger partial charge in [-0.2, -0.15) is 0 Å². The molecule has 1 rings (SSSR count). The monoisotopic (exact) mass is 181 g/mol. The molecule has 2 N–H and O–H groups in total. The van der Waals surface area contributed by atoms with Gasteiger partial charge < -0.3 is 14.8 Å². The van der Waals surface area contributed by atoms with Crippen molar-refractivity contribution < 1.29 is 14.8 Å². The predicted octanol–water partition coefficient (Wildman–Crippen LogP) is -0.832. The first-order valence-electron chi connectivity index (χ1n) is 4.15. The Kier molecular flexibility index (Phi) is 4.46. The molecule has 5 heteroatoms. The number of aliphatic hydroxyl groups excluding tert-OH is 1. The molecule has 0 saturated heterocycles. The van der Waals surface area contributed by atoms with Gasteiger partial charge in [-0.05, 0) is 12.5 Å². The topological polar surface area (TPSA) is 62.6 Å². The predicted molar refractivity (Wildman–Crippen MR) is 49.5 cm³/mol. The zero-order valence-corrected chi connectivity index (χ0v) is 7.26. The summed E-state index contributed by atoms with van der Waals surface area (Å²) in [5.41, 5.74) is 0.625. The van der Waals surface area contributed by atoms with Gasteiger partial charge in [0.25, 0.3) is 0 Å². The highest BCUT2D eigenvalue weighted by Crippen LogP contribution is 1.87. The maximum atomic E-state index is 9.40. The van der Waals surface area contributed by atoms with Crippen molar-refractivity contribution in [3.63, 3.8) is 0 Å². The molecule has 13 heavy (non-hydrogen) atoms. The zero-order valence-electron chi connectivity index (χ0n) is 7.26. The SMILES string of the molecule is OCCCOB(O)c1cccnc1. The molecule has 0 spiro atoms. The number of hydrogen-bond acceptors (Lipinski definition) is 4. The lowest BCUT2D eigenvalue weighted by atomic mass is 9.81. The maximum absolute atomic E-state index is 9.40. The van der Waals surface area contributed by atoms with Crippen molar-refractivity contribution in [2.45, 2.75) is 6.42 Å². The van der Waals surface area contributed by atoms with E-state index in [1.807, 2.05) is 0 Å². The van der Waals surface area contributed by atoms with Gasteiger partial charge in [0, 0.05) is 31.1 Å². The third-order valence-electron chi connectivity index (χ3n) is 1.55. The first-order valence-corrected chi connectivity index (χ1v) is 4.15. The molecule has 0 aliphatic rings. The third-order valence-corrected chi connectivity index (χ3v) is 1.55. The van der Waals surface area contributed by atoms with E-state index in [1.165, 1.54) is 0 Å². The number of pyridine rings is 1. The van der Waals surface area contributed by atoms with Crippen LogP contribution in [0, 0.1) is 0 Å². The van der Waals surface area contributed by atoms with Gasteiger partial charge >= 0.3 is 7.12 Å². The van der Waals surface area contributed by atoms with Crippen LogP contribution in [0.15, 0.2) is 24.5 Å².